The number of nitrogens with zero attached hydrogens (tertiary/aromatic N) is 2. The molecule has 0 unspecified atom stereocenters. The molecule has 3 aromatic rings. The summed E-state index contributed by atoms with van der Waals surface area (Å²) in [4.78, 5) is 31.9. The Morgan fingerprint density at radius 2 is 2.00 bits per heavy atom. The lowest BCUT2D eigenvalue weighted by Crippen LogP contribution is -2.24. The van der Waals surface area contributed by atoms with Crippen molar-refractivity contribution in [2.24, 2.45) is 0 Å². The van der Waals surface area contributed by atoms with Crippen molar-refractivity contribution in [3.8, 4) is 0 Å². The molecule has 0 spiro atoms. The van der Waals surface area contributed by atoms with Crippen molar-refractivity contribution in [3.63, 3.8) is 0 Å². The van der Waals surface area contributed by atoms with Gasteiger partial charge in [-0.3, -0.25) is 14.2 Å². The van der Waals surface area contributed by atoms with E-state index in [2.05, 4.69) is 5.32 Å². The van der Waals surface area contributed by atoms with Crippen molar-refractivity contribution in [2.75, 3.05) is 5.32 Å². The second kappa shape index (κ2) is 6.93. The molecule has 27 heavy (non-hydrogen) atoms. The molecule has 6 heteroatoms. The molecular formula is C21H23N3O2S. The second-order valence-electron chi connectivity index (χ2n) is 7.30. The van der Waals surface area contributed by atoms with Crippen LogP contribution in [0.4, 0.5) is 5.69 Å². The molecule has 0 atom stereocenters. The minimum Gasteiger partial charge on any atom is -0.321 e. The third-order valence-corrected chi connectivity index (χ3v) is 6.43. The van der Waals surface area contributed by atoms with Gasteiger partial charge in [0.15, 0.2) is 0 Å². The van der Waals surface area contributed by atoms with E-state index in [0.29, 0.717) is 15.1 Å². The summed E-state index contributed by atoms with van der Waals surface area (Å²) in [6.45, 7) is 6.57. The van der Waals surface area contributed by atoms with E-state index in [1.54, 1.807) is 4.57 Å². The zero-order valence-electron chi connectivity index (χ0n) is 15.9. The van der Waals surface area contributed by atoms with Crippen LogP contribution in [0.15, 0.2) is 23.0 Å². The first kappa shape index (κ1) is 17.9. The first-order chi connectivity index (χ1) is 13.0. The second-order valence-corrected chi connectivity index (χ2v) is 8.30. The molecule has 5 nitrogen and oxygen atoms in total. The Morgan fingerprint density at radius 3 is 2.78 bits per heavy atom. The Bertz CT molecular complexity index is 1110. The van der Waals surface area contributed by atoms with Crippen LogP contribution in [0.25, 0.3) is 10.2 Å². The molecule has 0 aliphatic carbocycles. The highest BCUT2D eigenvalue weighted by molar-refractivity contribution is 7.20. The summed E-state index contributed by atoms with van der Waals surface area (Å²) in [5.41, 5.74) is 3.70. The Balaban J connectivity index is 1.76. The van der Waals surface area contributed by atoms with Gasteiger partial charge in [0.2, 0.25) is 0 Å². The van der Waals surface area contributed by atoms with E-state index in [1.807, 2.05) is 39.0 Å². The lowest BCUT2D eigenvalue weighted by atomic mass is 10.1. The number of rotatable bonds is 2. The van der Waals surface area contributed by atoms with Crippen molar-refractivity contribution >= 4 is 33.1 Å². The predicted molar refractivity (Wildman–Crippen MR) is 110 cm³/mol. The van der Waals surface area contributed by atoms with Gasteiger partial charge < -0.3 is 5.32 Å². The maximum Gasteiger partial charge on any atom is 0.266 e. The van der Waals surface area contributed by atoms with Crippen LogP contribution in [0.2, 0.25) is 0 Å². The summed E-state index contributed by atoms with van der Waals surface area (Å²) in [6.07, 6.45) is 4.01. The standard InChI is InChI=1S/C21H23N3O2S/c1-12-8-9-15(13(2)11-12)22-19(25)18-14(3)17-20(27-18)23-16-7-5-4-6-10-24(16)21(17)26/h8-9,11H,4-7,10H2,1-3H3,(H,22,25). The van der Waals surface area contributed by atoms with Crippen LogP contribution in [0.1, 0.15) is 51.4 Å². The average Bonchev–Trinajstić information content (AvgIpc) is 2.79. The maximum atomic E-state index is 13.0. The molecule has 4 rings (SSSR count). The molecule has 0 saturated carbocycles. The number of hydrogen-bond donors (Lipinski definition) is 1. The van der Waals surface area contributed by atoms with Crippen molar-refractivity contribution in [3.05, 3.63) is 55.9 Å². The molecule has 0 saturated heterocycles. The average molecular weight is 382 g/mol. The fourth-order valence-corrected chi connectivity index (χ4v) is 4.85. The number of aryl methyl sites for hydroxylation is 4. The zero-order chi connectivity index (χ0) is 19.1. The Hall–Kier alpha value is -2.47. The van der Waals surface area contributed by atoms with Crippen LogP contribution in [0.5, 0.6) is 0 Å². The molecule has 0 fully saturated rings. The molecule has 1 N–H and O–H groups in total. The Kier molecular flexibility index (Phi) is 4.60. The number of nitrogens with one attached hydrogen (secondary N) is 1. The van der Waals surface area contributed by atoms with Gasteiger partial charge in [-0.05, 0) is 50.8 Å². The highest BCUT2D eigenvalue weighted by Gasteiger charge is 2.22. The summed E-state index contributed by atoms with van der Waals surface area (Å²) in [7, 11) is 0. The molecule has 1 aliphatic heterocycles. The number of hydrogen-bond acceptors (Lipinski definition) is 4. The van der Waals surface area contributed by atoms with Gasteiger partial charge in [-0.1, -0.05) is 24.1 Å². The van der Waals surface area contributed by atoms with Crippen molar-refractivity contribution in [2.45, 2.75) is 53.0 Å². The number of benzene rings is 1. The highest BCUT2D eigenvalue weighted by Crippen LogP contribution is 2.29. The van der Waals surface area contributed by atoms with Crippen LogP contribution >= 0.6 is 11.3 Å². The fourth-order valence-electron chi connectivity index (χ4n) is 3.76. The number of carbonyl (C=O) groups excluding carboxylic acids is 1. The summed E-state index contributed by atoms with van der Waals surface area (Å²) < 4.78 is 1.81. The van der Waals surface area contributed by atoms with E-state index >= 15 is 0 Å². The zero-order valence-corrected chi connectivity index (χ0v) is 16.7. The molecule has 0 bridgehead atoms. The maximum absolute atomic E-state index is 13.0. The Labute approximate surface area is 162 Å². The minimum atomic E-state index is -0.179. The predicted octanol–water partition coefficient (Wildman–Crippen LogP) is 4.36. The van der Waals surface area contributed by atoms with Crippen LogP contribution in [0, 0.1) is 20.8 Å². The van der Waals surface area contributed by atoms with Crippen LogP contribution < -0.4 is 10.9 Å². The summed E-state index contributed by atoms with van der Waals surface area (Å²) in [5.74, 6) is 0.676. The van der Waals surface area contributed by atoms with Crippen molar-refractivity contribution in [1.82, 2.24) is 9.55 Å². The largest absolute Gasteiger partial charge is 0.321 e. The number of fused-ring (bicyclic) bond motifs is 2. The number of carbonyl (C=O) groups is 1. The fraction of sp³-hybridized carbons (Fsp3) is 0.381. The summed E-state index contributed by atoms with van der Waals surface area (Å²) in [5, 5.41) is 3.58. The normalized spacial score (nSPS) is 14.0. The van der Waals surface area contributed by atoms with Crippen LogP contribution in [-0.2, 0) is 13.0 Å². The SMILES string of the molecule is Cc1ccc(NC(=O)c2sc3nc4n(c(=O)c3c2C)CCCCC4)c(C)c1. The van der Waals surface area contributed by atoms with Crippen molar-refractivity contribution < 1.29 is 4.79 Å². The van der Waals surface area contributed by atoms with Gasteiger partial charge in [0.1, 0.15) is 10.7 Å². The monoisotopic (exact) mass is 381 g/mol. The number of anilines is 1. The van der Waals surface area contributed by atoms with E-state index in [-0.39, 0.29) is 11.5 Å². The first-order valence-corrected chi connectivity index (χ1v) is 10.2. The van der Waals surface area contributed by atoms with E-state index in [0.717, 1.165) is 60.4 Å². The van der Waals surface area contributed by atoms with E-state index in [1.165, 1.54) is 11.3 Å². The molecule has 140 valence electrons. The van der Waals surface area contributed by atoms with Gasteiger partial charge in [0.05, 0.1) is 10.3 Å². The molecule has 1 aliphatic rings. The van der Waals surface area contributed by atoms with E-state index in [4.69, 9.17) is 4.98 Å². The van der Waals surface area contributed by atoms with Gasteiger partial charge in [-0.15, -0.1) is 11.3 Å². The summed E-state index contributed by atoms with van der Waals surface area (Å²) >= 11 is 1.32. The third kappa shape index (κ3) is 3.18. The third-order valence-electron chi connectivity index (χ3n) is 5.25. The molecule has 0 radical (unpaired) electrons. The topological polar surface area (TPSA) is 64.0 Å². The summed E-state index contributed by atoms with van der Waals surface area (Å²) in [6, 6.07) is 5.93. The van der Waals surface area contributed by atoms with E-state index < -0.39 is 0 Å². The first-order valence-electron chi connectivity index (χ1n) is 9.37. The molecule has 2 aromatic heterocycles. The molecule has 1 amide bonds. The molecule has 3 heterocycles. The number of thiophene rings is 1. The van der Waals surface area contributed by atoms with Gasteiger partial charge in [-0.25, -0.2) is 4.98 Å². The lowest BCUT2D eigenvalue weighted by Gasteiger charge is -2.09. The van der Waals surface area contributed by atoms with Gasteiger partial charge >= 0.3 is 0 Å². The quantitative estimate of drug-likeness (QED) is 0.717. The lowest BCUT2D eigenvalue weighted by molar-refractivity contribution is 0.103. The minimum absolute atomic E-state index is 0.00350. The Morgan fingerprint density at radius 1 is 1.19 bits per heavy atom. The van der Waals surface area contributed by atoms with Crippen molar-refractivity contribution in [1.29, 1.82) is 0 Å². The molecular weight excluding hydrogens is 358 g/mol. The van der Waals surface area contributed by atoms with Gasteiger partial charge in [0.25, 0.3) is 11.5 Å². The highest BCUT2D eigenvalue weighted by atomic mass is 32.1. The van der Waals surface area contributed by atoms with Crippen LogP contribution in [0.3, 0.4) is 0 Å². The van der Waals surface area contributed by atoms with Crippen LogP contribution in [-0.4, -0.2) is 15.5 Å². The number of amides is 1. The van der Waals surface area contributed by atoms with E-state index in [9.17, 15) is 9.59 Å². The number of aromatic nitrogens is 2. The smallest absolute Gasteiger partial charge is 0.266 e. The molecule has 1 aromatic carbocycles. The van der Waals surface area contributed by atoms with Gasteiger partial charge in [0, 0.05) is 18.7 Å². The van der Waals surface area contributed by atoms with Gasteiger partial charge in [-0.2, -0.15) is 0 Å².